The van der Waals surface area contributed by atoms with Crippen LogP contribution in [0.2, 0.25) is 0 Å². The molecule has 0 aliphatic carbocycles. The van der Waals surface area contributed by atoms with E-state index < -0.39 is 4.92 Å². The number of amides is 1. The van der Waals surface area contributed by atoms with Gasteiger partial charge in [-0.15, -0.1) is 10.2 Å². The van der Waals surface area contributed by atoms with Crippen molar-refractivity contribution in [2.45, 2.75) is 32.5 Å². The number of benzene rings is 2. The molecule has 0 radical (unpaired) electrons. The largest absolute Gasteiger partial charge is 0.325 e. The zero-order valence-corrected chi connectivity index (χ0v) is 17.2. The molecule has 0 aliphatic heterocycles. The Morgan fingerprint density at radius 2 is 1.90 bits per heavy atom. The van der Waals surface area contributed by atoms with Crippen LogP contribution < -0.4 is 5.32 Å². The number of nitrogens with zero attached hydrogens (tertiary/aromatic N) is 4. The lowest BCUT2D eigenvalue weighted by molar-refractivity contribution is -0.384. The second-order valence-corrected chi connectivity index (χ2v) is 7.51. The highest BCUT2D eigenvalue weighted by molar-refractivity contribution is 7.99. The maximum Gasteiger partial charge on any atom is 0.270 e. The topological polar surface area (TPSA) is 103 Å². The molecule has 0 unspecified atom stereocenters. The second kappa shape index (κ2) is 8.87. The molecule has 150 valence electrons. The molecule has 2 aromatic carbocycles. The molecule has 29 heavy (non-hydrogen) atoms. The van der Waals surface area contributed by atoms with Gasteiger partial charge in [0.25, 0.3) is 5.69 Å². The fourth-order valence-electron chi connectivity index (χ4n) is 3.03. The van der Waals surface area contributed by atoms with Gasteiger partial charge in [-0.25, -0.2) is 0 Å². The average Bonchev–Trinajstić information content (AvgIpc) is 3.08. The van der Waals surface area contributed by atoms with E-state index in [1.807, 2.05) is 43.5 Å². The number of rotatable bonds is 7. The highest BCUT2D eigenvalue weighted by atomic mass is 32.2. The van der Waals surface area contributed by atoms with Crippen LogP contribution >= 0.6 is 11.8 Å². The molecule has 1 heterocycles. The van der Waals surface area contributed by atoms with E-state index in [0.29, 0.717) is 23.1 Å². The van der Waals surface area contributed by atoms with Crippen molar-refractivity contribution in [1.82, 2.24) is 14.8 Å². The SMILES string of the molecule is CCn1c(SCC(=O)Nc2cc(C)cc(C)c2)nnc1-c1cccc([N+](=O)[O-])c1. The summed E-state index contributed by atoms with van der Waals surface area (Å²) in [5.41, 5.74) is 3.54. The van der Waals surface area contributed by atoms with E-state index in [-0.39, 0.29) is 17.3 Å². The molecule has 1 aromatic heterocycles. The number of hydrogen-bond donors (Lipinski definition) is 1. The van der Waals surface area contributed by atoms with Crippen molar-refractivity contribution in [3.05, 3.63) is 63.7 Å². The molecule has 3 rings (SSSR count). The van der Waals surface area contributed by atoms with Gasteiger partial charge in [0.1, 0.15) is 0 Å². The Morgan fingerprint density at radius 3 is 2.55 bits per heavy atom. The normalized spacial score (nSPS) is 10.7. The van der Waals surface area contributed by atoms with Crippen molar-refractivity contribution in [3.8, 4) is 11.4 Å². The molecule has 0 aliphatic rings. The Balaban J connectivity index is 1.73. The van der Waals surface area contributed by atoms with Gasteiger partial charge in [-0.05, 0) is 44.0 Å². The van der Waals surface area contributed by atoms with Gasteiger partial charge in [-0.2, -0.15) is 0 Å². The monoisotopic (exact) mass is 411 g/mol. The molecule has 1 amide bonds. The number of aryl methyl sites for hydroxylation is 2. The fraction of sp³-hybridized carbons (Fsp3) is 0.250. The number of anilines is 1. The highest BCUT2D eigenvalue weighted by Gasteiger charge is 2.17. The van der Waals surface area contributed by atoms with Gasteiger partial charge in [-0.1, -0.05) is 30.0 Å². The van der Waals surface area contributed by atoms with E-state index in [9.17, 15) is 14.9 Å². The summed E-state index contributed by atoms with van der Waals surface area (Å²) in [6.07, 6.45) is 0. The maximum atomic E-state index is 12.3. The number of nitrogens with one attached hydrogen (secondary N) is 1. The van der Waals surface area contributed by atoms with Gasteiger partial charge in [0.2, 0.25) is 5.91 Å². The summed E-state index contributed by atoms with van der Waals surface area (Å²) in [4.78, 5) is 22.9. The summed E-state index contributed by atoms with van der Waals surface area (Å²) in [5.74, 6) is 0.580. The highest BCUT2D eigenvalue weighted by Crippen LogP contribution is 2.26. The molecule has 0 saturated carbocycles. The summed E-state index contributed by atoms with van der Waals surface area (Å²) in [7, 11) is 0. The molecular formula is C20H21N5O3S. The minimum Gasteiger partial charge on any atom is -0.325 e. The molecule has 0 fully saturated rings. The minimum absolute atomic E-state index is 0.00446. The predicted octanol–water partition coefficient (Wildman–Crippen LogP) is 4.22. The smallest absolute Gasteiger partial charge is 0.270 e. The third-order valence-corrected chi connectivity index (χ3v) is 5.15. The molecule has 8 nitrogen and oxygen atoms in total. The lowest BCUT2D eigenvalue weighted by Gasteiger charge is -2.09. The average molecular weight is 411 g/mol. The van der Waals surface area contributed by atoms with E-state index in [4.69, 9.17) is 0 Å². The number of hydrogen-bond acceptors (Lipinski definition) is 6. The summed E-state index contributed by atoms with van der Waals surface area (Å²) < 4.78 is 1.84. The van der Waals surface area contributed by atoms with Crippen LogP contribution in [0, 0.1) is 24.0 Å². The quantitative estimate of drug-likeness (QED) is 0.355. The predicted molar refractivity (Wildman–Crippen MR) is 113 cm³/mol. The Labute approximate surface area is 172 Å². The lowest BCUT2D eigenvalue weighted by atomic mass is 10.1. The molecule has 9 heteroatoms. The van der Waals surface area contributed by atoms with Gasteiger partial charge in [-0.3, -0.25) is 14.9 Å². The van der Waals surface area contributed by atoms with E-state index in [1.54, 1.807) is 12.1 Å². The third kappa shape index (κ3) is 5.00. The number of nitro benzene ring substituents is 1. The molecule has 0 saturated heterocycles. The number of carbonyl (C=O) groups excluding carboxylic acids is 1. The summed E-state index contributed by atoms with van der Waals surface area (Å²) >= 11 is 1.28. The van der Waals surface area contributed by atoms with Crippen LogP contribution in [-0.4, -0.2) is 31.3 Å². The van der Waals surface area contributed by atoms with Crippen molar-refractivity contribution >= 4 is 29.0 Å². The second-order valence-electron chi connectivity index (χ2n) is 6.57. The van der Waals surface area contributed by atoms with Gasteiger partial charge in [0.05, 0.1) is 10.7 Å². The van der Waals surface area contributed by atoms with Crippen LogP contribution in [0.15, 0.2) is 47.6 Å². The maximum absolute atomic E-state index is 12.3. The Hall–Kier alpha value is -3.20. The molecule has 1 N–H and O–H groups in total. The number of non-ortho nitro benzene ring substituents is 1. The molecule has 0 atom stereocenters. The van der Waals surface area contributed by atoms with Crippen molar-refractivity contribution in [3.63, 3.8) is 0 Å². The number of aromatic nitrogens is 3. The summed E-state index contributed by atoms with van der Waals surface area (Å²) in [5, 5.41) is 22.9. The van der Waals surface area contributed by atoms with Gasteiger partial charge >= 0.3 is 0 Å². The van der Waals surface area contributed by atoms with E-state index >= 15 is 0 Å². The molecule has 3 aromatic rings. The molecule has 0 bridgehead atoms. The minimum atomic E-state index is -0.441. The number of nitro groups is 1. The van der Waals surface area contributed by atoms with Crippen molar-refractivity contribution in [1.29, 1.82) is 0 Å². The standard InChI is InChI=1S/C20H21N5O3S/c1-4-24-19(15-6-5-7-17(11-15)25(27)28)22-23-20(24)29-12-18(26)21-16-9-13(2)8-14(3)10-16/h5-11H,4,12H2,1-3H3,(H,21,26). The first-order valence-corrected chi connectivity index (χ1v) is 10.0. The molecule has 0 spiro atoms. The summed E-state index contributed by atoms with van der Waals surface area (Å²) in [6.45, 7) is 6.48. The van der Waals surface area contributed by atoms with Crippen LogP contribution in [0.5, 0.6) is 0 Å². The van der Waals surface area contributed by atoms with E-state index in [1.165, 1.54) is 23.9 Å². The zero-order chi connectivity index (χ0) is 21.0. The van der Waals surface area contributed by atoms with Crippen LogP contribution in [-0.2, 0) is 11.3 Å². The zero-order valence-electron chi connectivity index (χ0n) is 16.4. The van der Waals surface area contributed by atoms with E-state index in [0.717, 1.165) is 16.8 Å². The molecular weight excluding hydrogens is 390 g/mol. The van der Waals surface area contributed by atoms with Crippen LogP contribution in [0.1, 0.15) is 18.1 Å². The van der Waals surface area contributed by atoms with Gasteiger partial charge in [0, 0.05) is 29.9 Å². The lowest BCUT2D eigenvalue weighted by Crippen LogP contribution is -2.15. The Morgan fingerprint density at radius 1 is 1.17 bits per heavy atom. The third-order valence-electron chi connectivity index (χ3n) is 4.19. The van der Waals surface area contributed by atoms with E-state index in [2.05, 4.69) is 15.5 Å². The van der Waals surface area contributed by atoms with Crippen LogP contribution in [0.4, 0.5) is 11.4 Å². The first-order valence-electron chi connectivity index (χ1n) is 9.06. The van der Waals surface area contributed by atoms with Crippen molar-refractivity contribution in [2.24, 2.45) is 0 Å². The Bertz CT molecular complexity index is 1040. The Kier molecular flexibility index (Phi) is 6.28. The van der Waals surface area contributed by atoms with Crippen LogP contribution in [0.25, 0.3) is 11.4 Å². The first-order chi connectivity index (χ1) is 13.9. The van der Waals surface area contributed by atoms with Crippen molar-refractivity contribution < 1.29 is 9.72 Å². The van der Waals surface area contributed by atoms with Gasteiger partial charge in [0.15, 0.2) is 11.0 Å². The van der Waals surface area contributed by atoms with Gasteiger partial charge < -0.3 is 9.88 Å². The summed E-state index contributed by atoms with van der Waals surface area (Å²) in [6, 6.07) is 12.2. The fourth-order valence-corrected chi connectivity index (χ4v) is 3.83. The van der Waals surface area contributed by atoms with Crippen LogP contribution in [0.3, 0.4) is 0 Å². The number of thioether (sulfide) groups is 1. The van der Waals surface area contributed by atoms with Crippen molar-refractivity contribution in [2.75, 3.05) is 11.1 Å². The number of carbonyl (C=O) groups is 1. The first kappa shape index (κ1) is 20.5.